The van der Waals surface area contributed by atoms with Crippen molar-refractivity contribution in [2.45, 2.75) is 25.2 Å². The lowest BCUT2D eigenvalue weighted by Gasteiger charge is -2.15. The van der Waals surface area contributed by atoms with Crippen molar-refractivity contribution in [3.05, 3.63) is 35.8 Å². The van der Waals surface area contributed by atoms with E-state index in [1.165, 1.54) is 12.8 Å². The first-order chi connectivity index (χ1) is 11.7. The first kappa shape index (κ1) is 15.1. The maximum Gasteiger partial charge on any atom is 0.257 e. The molecule has 1 atom stereocenters. The molecule has 0 spiro atoms. The third-order valence-electron chi connectivity index (χ3n) is 4.65. The van der Waals surface area contributed by atoms with Gasteiger partial charge in [-0.1, -0.05) is 0 Å². The number of aryl methyl sites for hydroxylation is 1. The minimum Gasteiger partial charge on any atom is -0.476 e. The van der Waals surface area contributed by atoms with Crippen molar-refractivity contribution < 1.29 is 9.53 Å². The van der Waals surface area contributed by atoms with Gasteiger partial charge in [-0.15, -0.1) is 5.10 Å². The van der Waals surface area contributed by atoms with Gasteiger partial charge in [-0.05, 0) is 25.3 Å². The van der Waals surface area contributed by atoms with E-state index in [0.717, 1.165) is 18.7 Å². The number of carbonyl (C=O) groups is 1. The van der Waals surface area contributed by atoms with Crippen LogP contribution in [0.15, 0.2) is 24.5 Å². The van der Waals surface area contributed by atoms with Gasteiger partial charge in [0.25, 0.3) is 5.91 Å². The van der Waals surface area contributed by atoms with E-state index in [0.29, 0.717) is 36.4 Å². The molecular formula is C17H21N5O2. The van der Waals surface area contributed by atoms with Crippen molar-refractivity contribution in [2.75, 3.05) is 19.7 Å². The van der Waals surface area contributed by atoms with Crippen LogP contribution in [0.25, 0.3) is 0 Å². The van der Waals surface area contributed by atoms with Gasteiger partial charge in [0, 0.05) is 44.2 Å². The normalized spacial score (nSPS) is 20.4. The van der Waals surface area contributed by atoms with E-state index in [1.54, 1.807) is 17.1 Å². The highest BCUT2D eigenvalue weighted by Gasteiger charge is 2.28. The molecule has 24 heavy (non-hydrogen) atoms. The first-order valence-electron chi connectivity index (χ1n) is 8.43. The average Bonchev–Trinajstić information content (AvgIpc) is 3.18. The third-order valence-corrected chi connectivity index (χ3v) is 4.65. The fourth-order valence-electron chi connectivity index (χ4n) is 3.07. The fraction of sp³-hybridized carbons (Fsp3) is 0.529. The van der Waals surface area contributed by atoms with E-state index in [-0.39, 0.29) is 5.91 Å². The highest BCUT2D eigenvalue weighted by atomic mass is 16.5. The van der Waals surface area contributed by atoms with Crippen molar-refractivity contribution in [1.82, 2.24) is 24.9 Å². The Kier molecular flexibility index (Phi) is 3.92. The third kappa shape index (κ3) is 3.25. The van der Waals surface area contributed by atoms with Gasteiger partial charge in [0.05, 0.1) is 24.1 Å². The smallest absolute Gasteiger partial charge is 0.257 e. The molecule has 3 heterocycles. The molecular weight excluding hydrogens is 306 g/mol. The zero-order valence-corrected chi connectivity index (χ0v) is 13.8. The van der Waals surface area contributed by atoms with Crippen molar-refractivity contribution >= 4 is 5.91 Å². The predicted molar refractivity (Wildman–Crippen MR) is 86.7 cm³/mol. The van der Waals surface area contributed by atoms with Crippen molar-refractivity contribution in [3.8, 4) is 5.88 Å². The average molecular weight is 327 g/mol. The molecule has 4 rings (SSSR count). The molecule has 1 amide bonds. The number of ether oxygens (including phenoxy) is 1. The molecule has 1 aliphatic heterocycles. The highest BCUT2D eigenvalue weighted by molar-refractivity contribution is 5.93. The summed E-state index contributed by atoms with van der Waals surface area (Å²) in [5.74, 6) is 1.54. The number of nitrogens with zero attached hydrogens (tertiary/aromatic N) is 5. The summed E-state index contributed by atoms with van der Waals surface area (Å²) in [7, 11) is 1.81. The second kappa shape index (κ2) is 6.22. The van der Waals surface area contributed by atoms with Gasteiger partial charge in [-0.25, -0.2) is 0 Å². The van der Waals surface area contributed by atoms with E-state index in [4.69, 9.17) is 4.74 Å². The lowest BCUT2D eigenvalue weighted by molar-refractivity contribution is 0.0782. The molecule has 2 fully saturated rings. The number of amides is 1. The molecule has 1 saturated heterocycles. The van der Waals surface area contributed by atoms with Gasteiger partial charge in [-0.3, -0.25) is 9.48 Å². The summed E-state index contributed by atoms with van der Waals surface area (Å²) in [6.07, 6.45) is 6.75. The molecule has 2 aliphatic rings. The fourth-order valence-corrected chi connectivity index (χ4v) is 3.07. The standard InChI is InChI=1S/C17H21N5O2/c1-21-10-14(8-18-21)17(23)22-7-6-12(9-22)11-24-16-5-4-15(19-20-16)13-2-3-13/h4-5,8,10,12-13H,2-3,6-7,9,11H2,1H3. The van der Waals surface area contributed by atoms with Crippen LogP contribution in [0, 0.1) is 5.92 Å². The molecule has 1 saturated carbocycles. The molecule has 126 valence electrons. The van der Waals surface area contributed by atoms with E-state index in [1.807, 2.05) is 24.1 Å². The van der Waals surface area contributed by atoms with Crippen LogP contribution in [0.3, 0.4) is 0 Å². The van der Waals surface area contributed by atoms with Crippen molar-refractivity contribution in [2.24, 2.45) is 13.0 Å². The number of hydrogen-bond acceptors (Lipinski definition) is 5. The van der Waals surface area contributed by atoms with Crippen LogP contribution in [0.5, 0.6) is 5.88 Å². The summed E-state index contributed by atoms with van der Waals surface area (Å²) in [6, 6.07) is 3.90. The van der Waals surface area contributed by atoms with Crippen LogP contribution >= 0.6 is 0 Å². The predicted octanol–water partition coefficient (Wildman–Crippen LogP) is 1.63. The maximum atomic E-state index is 12.4. The van der Waals surface area contributed by atoms with Gasteiger partial charge < -0.3 is 9.64 Å². The lowest BCUT2D eigenvalue weighted by Crippen LogP contribution is -2.29. The SMILES string of the molecule is Cn1cc(C(=O)N2CCC(COc3ccc(C4CC4)nn3)C2)cn1. The summed E-state index contributed by atoms with van der Waals surface area (Å²) >= 11 is 0. The van der Waals surface area contributed by atoms with Crippen LogP contribution in [0.1, 0.15) is 41.2 Å². The number of aromatic nitrogens is 4. The summed E-state index contributed by atoms with van der Waals surface area (Å²) in [5, 5.41) is 12.4. The molecule has 1 unspecified atom stereocenters. The Bertz CT molecular complexity index is 723. The van der Waals surface area contributed by atoms with Crippen molar-refractivity contribution in [1.29, 1.82) is 0 Å². The monoisotopic (exact) mass is 327 g/mol. The largest absolute Gasteiger partial charge is 0.476 e. The van der Waals surface area contributed by atoms with Gasteiger partial charge in [0.2, 0.25) is 5.88 Å². The first-order valence-corrected chi connectivity index (χ1v) is 8.43. The Morgan fingerprint density at radius 3 is 2.83 bits per heavy atom. The second-order valence-electron chi connectivity index (χ2n) is 6.69. The molecule has 0 radical (unpaired) electrons. The summed E-state index contributed by atoms with van der Waals surface area (Å²) in [4.78, 5) is 14.3. The van der Waals surface area contributed by atoms with E-state index in [2.05, 4.69) is 15.3 Å². The van der Waals surface area contributed by atoms with E-state index in [9.17, 15) is 4.79 Å². The van der Waals surface area contributed by atoms with Crippen LogP contribution in [-0.2, 0) is 7.05 Å². The summed E-state index contributed by atoms with van der Waals surface area (Å²) in [6.45, 7) is 2.03. The van der Waals surface area contributed by atoms with Crippen LogP contribution in [-0.4, -0.2) is 50.5 Å². The van der Waals surface area contributed by atoms with Gasteiger partial charge in [0.15, 0.2) is 0 Å². The Hall–Kier alpha value is -2.44. The number of likely N-dealkylation sites (tertiary alicyclic amines) is 1. The number of hydrogen-bond donors (Lipinski definition) is 0. The molecule has 7 nitrogen and oxygen atoms in total. The van der Waals surface area contributed by atoms with Crippen LogP contribution < -0.4 is 4.74 Å². The Balaban J connectivity index is 1.28. The summed E-state index contributed by atoms with van der Waals surface area (Å²) < 4.78 is 7.40. The minimum atomic E-state index is 0.0409. The van der Waals surface area contributed by atoms with Gasteiger partial charge >= 0.3 is 0 Å². The van der Waals surface area contributed by atoms with Crippen molar-refractivity contribution in [3.63, 3.8) is 0 Å². The second-order valence-corrected chi connectivity index (χ2v) is 6.69. The highest BCUT2D eigenvalue weighted by Crippen LogP contribution is 2.38. The maximum absolute atomic E-state index is 12.4. The van der Waals surface area contributed by atoms with Crippen LogP contribution in [0.4, 0.5) is 0 Å². The molecule has 0 aromatic carbocycles. The van der Waals surface area contributed by atoms with E-state index >= 15 is 0 Å². The zero-order valence-electron chi connectivity index (χ0n) is 13.8. The molecule has 2 aromatic heterocycles. The minimum absolute atomic E-state index is 0.0409. The van der Waals surface area contributed by atoms with Gasteiger partial charge in [-0.2, -0.15) is 10.2 Å². The molecule has 1 aliphatic carbocycles. The molecule has 7 heteroatoms. The quantitative estimate of drug-likeness (QED) is 0.834. The topological polar surface area (TPSA) is 73.1 Å². The van der Waals surface area contributed by atoms with Gasteiger partial charge in [0.1, 0.15) is 0 Å². The Labute approximate surface area is 140 Å². The van der Waals surface area contributed by atoms with Crippen LogP contribution in [0.2, 0.25) is 0 Å². The number of carbonyl (C=O) groups excluding carboxylic acids is 1. The molecule has 2 aromatic rings. The molecule has 0 N–H and O–H groups in total. The number of rotatable bonds is 5. The molecule has 0 bridgehead atoms. The Morgan fingerprint density at radius 1 is 1.29 bits per heavy atom. The Morgan fingerprint density at radius 2 is 2.17 bits per heavy atom. The lowest BCUT2D eigenvalue weighted by atomic mass is 10.1. The zero-order chi connectivity index (χ0) is 16.5. The van der Waals surface area contributed by atoms with E-state index < -0.39 is 0 Å². The summed E-state index contributed by atoms with van der Waals surface area (Å²) in [5.41, 5.74) is 1.71.